The number of ether oxygens (including phenoxy) is 3. The zero-order chi connectivity index (χ0) is 20.3. The van der Waals surface area contributed by atoms with E-state index < -0.39 is 0 Å². The van der Waals surface area contributed by atoms with Crippen molar-refractivity contribution in [2.45, 2.75) is 32.1 Å². The van der Waals surface area contributed by atoms with Crippen molar-refractivity contribution in [1.29, 1.82) is 0 Å². The maximum Gasteiger partial charge on any atom is 0.163 e. The van der Waals surface area contributed by atoms with Gasteiger partial charge in [-0.15, -0.1) is 0 Å². The van der Waals surface area contributed by atoms with Crippen LogP contribution in [0.25, 0.3) is 5.69 Å². The maximum absolute atomic E-state index is 5.79. The van der Waals surface area contributed by atoms with Crippen LogP contribution in [0.15, 0.2) is 42.5 Å². The van der Waals surface area contributed by atoms with Gasteiger partial charge in [0.2, 0.25) is 0 Å². The minimum Gasteiger partial charge on any atom is -0.497 e. The van der Waals surface area contributed by atoms with Gasteiger partial charge in [0.25, 0.3) is 0 Å². The van der Waals surface area contributed by atoms with Crippen molar-refractivity contribution in [3.63, 3.8) is 0 Å². The van der Waals surface area contributed by atoms with E-state index in [0.717, 1.165) is 54.6 Å². The standard InChI is InChI=1S/C24H27N3O3/c1-28-19-9-5-17(6-10-19)7-11-21-20-4-2-3-13-25-24(20)27(26-21)18-8-12-22-23(16-18)30-15-14-29-22/h5-6,8-10,12,16,25H,2-4,7,11,13-15H2,1H3. The van der Waals surface area contributed by atoms with Gasteiger partial charge in [0.1, 0.15) is 24.8 Å². The Hall–Kier alpha value is -3.15. The second-order valence-electron chi connectivity index (χ2n) is 7.75. The Bertz CT molecular complexity index is 1030. The van der Waals surface area contributed by atoms with E-state index in [1.807, 2.05) is 28.9 Å². The number of fused-ring (bicyclic) bond motifs is 2. The van der Waals surface area contributed by atoms with Gasteiger partial charge in [-0.25, -0.2) is 4.68 Å². The van der Waals surface area contributed by atoms with Crippen LogP contribution >= 0.6 is 0 Å². The first kappa shape index (κ1) is 18.9. The van der Waals surface area contributed by atoms with Crippen molar-refractivity contribution in [3.05, 3.63) is 59.3 Å². The van der Waals surface area contributed by atoms with Crippen LogP contribution in [0.4, 0.5) is 5.82 Å². The van der Waals surface area contributed by atoms with E-state index in [9.17, 15) is 0 Å². The van der Waals surface area contributed by atoms with Crippen LogP contribution < -0.4 is 19.5 Å². The molecule has 0 atom stereocenters. The first-order chi connectivity index (χ1) is 14.8. The Morgan fingerprint density at radius 3 is 2.67 bits per heavy atom. The molecule has 0 amide bonds. The number of hydrogen-bond donors (Lipinski definition) is 1. The number of nitrogens with zero attached hydrogens (tertiary/aromatic N) is 2. The van der Waals surface area contributed by atoms with Crippen LogP contribution in [-0.2, 0) is 19.3 Å². The first-order valence-corrected chi connectivity index (χ1v) is 10.7. The lowest BCUT2D eigenvalue weighted by Gasteiger charge is -2.19. The number of nitrogens with one attached hydrogen (secondary N) is 1. The topological polar surface area (TPSA) is 57.5 Å². The van der Waals surface area contributed by atoms with Gasteiger partial charge in [-0.2, -0.15) is 5.10 Å². The van der Waals surface area contributed by atoms with Crippen LogP contribution in [0, 0.1) is 0 Å². The average molecular weight is 405 g/mol. The number of hydrogen-bond acceptors (Lipinski definition) is 5. The highest BCUT2D eigenvalue weighted by Crippen LogP contribution is 2.35. The Morgan fingerprint density at radius 2 is 1.83 bits per heavy atom. The molecule has 156 valence electrons. The zero-order valence-corrected chi connectivity index (χ0v) is 17.3. The molecule has 1 N–H and O–H groups in total. The number of aromatic nitrogens is 2. The number of benzene rings is 2. The fraction of sp³-hybridized carbons (Fsp3) is 0.375. The van der Waals surface area contributed by atoms with E-state index in [4.69, 9.17) is 19.3 Å². The molecular formula is C24H27N3O3. The second kappa shape index (κ2) is 8.30. The summed E-state index contributed by atoms with van der Waals surface area (Å²) in [4.78, 5) is 0. The molecule has 2 aromatic carbocycles. The molecule has 3 aromatic rings. The molecule has 0 saturated carbocycles. The molecular weight excluding hydrogens is 378 g/mol. The fourth-order valence-corrected chi connectivity index (χ4v) is 4.18. The third-order valence-corrected chi connectivity index (χ3v) is 5.79. The third-order valence-electron chi connectivity index (χ3n) is 5.79. The van der Waals surface area contributed by atoms with Gasteiger partial charge < -0.3 is 19.5 Å². The summed E-state index contributed by atoms with van der Waals surface area (Å²) in [6, 6.07) is 14.4. The molecule has 0 fully saturated rings. The summed E-state index contributed by atoms with van der Waals surface area (Å²) in [7, 11) is 1.70. The van der Waals surface area contributed by atoms with E-state index >= 15 is 0 Å². The summed E-state index contributed by atoms with van der Waals surface area (Å²) in [6.07, 6.45) is 5.28. The Labute approximate surface area is 176 Å². The molecule has 2 aliphatic rings. The number of anilines is 1. The van der Waals surface area contributed by atoms with Crippen LogP contribution in [0.3, 0.4) is 0 Å². The van der Waals surface area contributed by atoms with Crippen LogP contribution in [0.2, 0.25) is 0 Å². The van der Waals surface area contributed by atoms with Gasteiger partial charge >= 0.3 is 0 Å². The van der Waals surface area contributed by atoms with Crippen LogP contribution in [0.5, 0.6) is 17.2 Å². The summed E-state index contributed by atoms with van der Waals surface area (Å²) < 4.78 is 18.8. The molecule has 0 saturated heterocycles. The summed E-state index contributed by atoms with van der Waals surface area (Å²) >= 11 is 0. The predicted molar refractivity (Wildman–Crippen MR) is 116 cm³/mol. The highest BCUT2D eigenvalue weighted by molar-refractivity contribution is 5.57. The lowest BCUT2D eigenvalue weighted by molar-refractivity contribution is 0.171. The quantitative estimate of drug-likeness (QED) is 0.690. The maximum atomic E-state index is 5.79. The molecule has 5 rings (SSSR count). The smallest absolute Gasteiger partial charge is 0.163 e. The normalized spacial score (nSPS) is 15.1. The zero-order valence-electron chi connectivity index (χ0n) is 17.3. The predicted octanol–water partition coefficient (Wildman–Crippen LogP) is 4.19. The highest BCUT2D eigenvalue weighted by atomic mass is 16.6. The lowest BCUT2D eigenvalue weighted by atomic mass is 10.0. The molecule has 0 bridgehead atoms. The molecule has 0 aliphatic carbocycles. The van der Waals surface area contributed by atoms with Crippen LogP contribution in [0.1, 0.15) is 29.7 Å². The van der Waals surface area contributed by atoms with Gasteiger partial charge in [-0.3, -0.25) is 0 Å². The minimum absolute atomic E-state index is 0.582. The summed E-state index contributed by atoms with van der Waals surface area (Å²) in [6.45, 7) is 2.15. The highest BCUT2D eigenvalue weighted by Gasteiger charge is 2.22. The fourth-order valence-electron chi connectivity index (χ4n) is 4.18. The molecule has 0 unspecified atom stereocenters. The van der Waals surface area contributed by atoms with E-state index in [1.165, 1.54) is 29.7 Å². The van der Waals surface area contributed by atoms with Crippen molar-refractivity contribution in [1.82, 2.24) is 9.78 Å². The average Bonchev–Trinajstić information content (AvgIpc) is 2.96. The molecule has 0 radical (unpaired) electrons. The van der Waals surface area contributed by atoms with Gasteiger partial charge in [0.05, 0.1) is 18.5 Å². The van der Waals surface area contributed by atoms with Crippen molar-refractivity contribution < 1.29 is 14.2 Å². The molecule has 0 spiro atoms. The van der Waals surface area contributed by atoms with Crippen LogP contribution in [-0.4, -0.2) is 36.6 Å². The van der Waals surface area contributed by atoms with E-state index in [2.05, 4.69) is 23.5 Å². The number of rotatable bonds is 5. The van der Waals surface area contributed by atoms with Gasteiger partial charge in [0.15, 0.2) is 11.5 Å². The Balaban J connectivity index is 1.45. The van der Waals surface area contributed by atoms with E-state index in [-0.39, 0.29) is 0 Å². The summed E-state index contributed by atoms with van der Waals surface area (Å²) in [5.41, 5.74) is 4.81. The molecule has 6 nitrogen and oxygen atoms in total. The largest absolute Gasteiger partial charge is 0.497 e. The number of aryl methyl sites for hydroxylation is 2. The summed E-state index contributed by atoms with van der Waals surface area (Å²) in [5, 5.41) is 8.65. The van der Waals surface area contributed by atoms with E-state index in [1.54, 1.807) is 7.11 Å². The van der Waals surface area contributed by atoms with Crippen molar-refractivity contribution in [3.8, 4) is 22.9 Å². The molecule has 1 aromatic heterocycles. The SMILES string of the molecule is COc1ccc(CCc2nn(-c3ccc4c(c3)OCCO4)c3c2CCCCN3)cc1. The van der Waals surface area contributed by atoms with Gasteiger partial charge in [-0.05, 0) is 61.9 Å². The molecule has 6 heteroatoms. The minimum atomic E-state index is 0.582. The number of methoxy groups -OCH3 is 1. The molecule has 2 aliphatic heterocycles. The van der Waals surface area contributed by atoms with Crippen molar-refractivity contribution in [2.75, 3.05) is 32.2 Å². The van der Waals surface area contributed by atoms with Crippen molar-refractivity contribution >= 4 is 5.82 Å². The Kier molecular flexibility index (Phi) is 5.22. The molecule has 30 heavy (non-hydrogen) atoms. The van der Waals surface area contributed by atoms with Crippen molar-refractivity contribution in [2.24, 2.45) is 0 Å². The first-order valence-electron chi connectivity index (χ1n) is 10.7. The summed E-state index contributed by atoms with van der Waals surface area (Å²) in [5.74, 6) is 3.60. The molecule has 3 heterocycles. The second-order valence-corrected chi connectivity index (χ2v) is 7.75. The van der Waals surface area contributed by atoms with Gasteiger partial charge in [0, 0.05) is 18.2 Å². The van der Waals surface area contributed by atoms with E-state index in [0.29, 0.717) is 13.2 Å². The lowest BCUT2D eigenvalue weighted by Crippen LogP contribution is -2.15. The third kappa shape index (κ3) is 3.70. The van der Waals surface area contributed by atoms with Gasteiger partial charge in [-0.1, -0.05) is 12.1 Å². The monoisotopic (exact) mass is 405 g/mol. The Morgan fingerprint density at radius 1 is 1.00 bits per heavy atom.